The van der Waals surface area contributed by atoms with Crippen molar-refractivity contribution in [2.24, 2.45) is 7.05 Å². The van der Waals surface area contributed by atoms with E-state index in [4.69, 9.17) is 21.1 Å². The average molecular weight is 472 g/mol. The van der Waals surface area contributed by atoms with E-state index in [-0.39, 0.29) is 0 Å². The molecular weight excluding hydrogens is 444 g/mol. The van der Waals surface area contributed by atoms with Gasteiger partial charge < -0.3 is 9.47 Å². The predicted molar refractivity (Wildman–Crippen MR) is 115 cm³/mol. The zero-order chi connectivity index (χ0) is 20.3. The summed E-state index contributed by atoms with van der Waals surface area (Å²) in [6.45, 7) is 7.91. The van der Waals surface area contributed by atoms with Crippen LogP contribution in [0.5, 0.6) is 11.5 Å². The fraction of sp³-hybridized carbons (Fsp3) is 0.550. The van der Waals surface area contributed by atoms with Crippen LogP contribution in [0.2, 0.25) is 5.15 Å². The molecule has 0 saturated carbocycles. The second-order valence-electron chi connectivity index (χ2n) is 7.18. The van der Waals surface area contributed by atoms with E-state index < -0.39 is 0 Å². The minimum absolute atomic E-state index is 0.740. The third kappa shape index (κ3) is 4.82. The molecule has 1 aromatic carbocycles. The van der Waals surface area contributed by atoms with E-state index in [1.165, 1.54) is 5.56 Å². The molecule has 1 fully saturated rings. The third-order valence-corrected chi connectivity index (χ3v) is 6.49. The smallest absolute Gasteiger partial charge is 0.161 e. The van der Waals surface area contributed by atoms with Crippen LogP contribution in [-0.4, -0.2) is 60.0 Å². The summed E-state index contributed by atoms with van der Waals surface area (Å²) in [4.78, 5) is 4.96. The van der Waals surface area contributed by atoms with E-state index in [9.17, 15) is 0 Å². The van der Waals surface area contributed by atoms with Crippen molar-refractivity contribution in [3.63, 3.8) is 0 Å². The van der Waals surface area contributed by atoms with Gasteiger partial charge in [-0.25, -0.2) is 0 Å². The number of ether oxygens (including phenoxy) is 2. The summed E-state index contributed by atoms with van der Waals surface area (Å²) in [5.41, 5.74) is 3.36. The molecule has 1 saturated heterocycles. The summed E-state index contributed by atoms with van der Waals surface area (Å²) in [6, 6.07) is 4.04. The first kappa shape index (κ1) is 21.4. The standard InChI is InChI=1S/C20H28BrClN4O2/c1-14-16(20(22)24(2)23-14)13-26-7-5-6-25(8-9-26)12-15-10-18(27-3)19(28-4)11-17(15)21/h10-11H,5-9,12-13H2,1-4H3. The highest BCUT2D eigenvalue weighted by Crippen LogP contribution is 2.34. The van der Waals surface area contributed by atoms with Gasteiger partial charge in [0.1, 0.15) is 5.15 Å². The fourth-order valence-electron chi connectivity index (χ4n) is 3.68. The Bertz CT molecular complexity index is 827. The molecule has 1 aromatic heterocycles. The van der Waals surface area contributed by atoms with Crippen molar-refractivity contribution in [3.8, 4) is 11.5 Å². The second-order valence-corrected chi connectivity index (χ2v) is 8.40. The maximum Gasteiger partial charge on any atom is 0.161 e. The lowest BCUT2D eigenvalue weighted by molar-refractivity contribution is 0.246. The van der Waals surface area contributed by atoms with Gasteiger partial charge in [0, 0.05) is 43.3 Å². The van der Waals surface area contributed by atoms with Crippen LogP contribution in [0.4, 0.5) is 0 Å². The molecule has 8 heteroatoms. The molecule has 2 heterocycles. The van der Waals surface area contributed by atoms with Crippen LogP contribution in [0.3, 0.4) is 0 Å². The largest absolute Gasteiger partial charge is 0.493 e. The Labute approximate surface area is 180 Å². The van der Waals surface area contributed by atoms with E-state index in [1.54, 1.807) is 18.9 Å². The molecule has 3 rings (SSSR count). The maximum atomic E-state index is 6.42. The van der Waals surface area contributed by atoms with Gasteiger partial charge in [-0.15, -0.1) is 0 Å². The first-order valence-corrected chi connectivity index (χ1v) is 10.6. The number of benzene rings is 1. The quantitative estimate of drug-likeness (QED) is 0.640. The van der Waals surface area contributed by atoms with Crippen molar-refractivity contribution in [2.45, 2.75) is 26.4 Å². The molecule has 0 bridgehead atoms. The van der Waals surface area contributed by atoms with Crippen molar-refractivity contribution >= 4 is 27.5 Å². The van der Waals surface area contributed by atoms with Crippen molar-refractivity contribution in [1.82, 2.24) is 19.6 Å². The number of hydrogen-bond acceptors (Lipinski definition) is 5. The van der Waals surface area contributed by atoms with Crippen LogP contribution in [0.15, 0.2) is 16.6 Å². The third-order valence-electron chi connectivity index (χ3n) is 5.28. The van der Waals surface area contributed by atoms with E-state index in [0.29, 0.717) is 0 Å². The number of aromatic nitrogens is 2. The van der Waals surface area contributed by atoms with Crippen molar-refractivity contribution < 1.29 is 9.47 Å². The molecule has 0 aliphatic carbocycles. The normalized spacial score (nSPS) is 16.2. The molecule has 2 aromatic rings. The molecule has 1 aliphatic rings. The first-order valence-electron chi connectivity index (χ1n) is 9.46. The summed E-state index contributed by atoms with van der Waals surface area (Å²) < 4.78 is 13.6. The zero-order valence-electron chi connectivity index (χ0n) is 17.0. The fourth-order valence-corrected chi connectivity index (χ4v) is 4.36. The van der Waals surface area contributed by atoms with Gasteiger partial charge in [0.15, 0.2) is 11.5 Å². The molecule has 0 amide bonds. The minimum Gasteiger partial charge on any atom is -0.493 e. The van der Waals surface area contributed by atoms with Gasteiger partial charge in [-0.1, -0.05) is 27.5 Å². The summed E-state index contributed by atoms with van der Waals surface area (Å²) in [5.74, 6) is 1.50. The van der Waals surface area contributed by atoms with Gasteiger partial charge in [0.2, 0.25) is 0 Å². The van der Waals surface area contributed by atoms with Gasteiger partial charge in [-0.2, -0.15) is 5.10 Å². The lowest BCUT2D eigenvalue weighted by Crippen LogP contribution is -2.30. The lowest BCUT2D eigenvalue weighted by Gasteiger charge is -2.23. The number of methoxy groups -OCH3 is 2. The highest BCUT2D eigenvalue weighted by molar-refractivity contribution is 9.10. The Morgan fingerprint density at radius 1 is 1.04 bits per heavy atom. The van der Waals surface area contributed by atoms with Crippen molar-refractivity contribution in [2.75, 3.05) is 40.4 Å². The molecule has 6 nitrogen and oxygen atoms in total. The first-order chi connectivity index (χ1) is 13.4. The number of halogens is 2. The number of hydrogen-bond donors (Lipinski definition) is 0. The van der Waals surface area contributed by atoms with Crippen LogP contribution >= 0.6 is 27.5 Å². The van der Waals surface area contributed by atoms with Crippen molar-refractivity contribution in [1.29, 1.82) is 0 Å². The van der Waals surface area contributed by atoms with Crippen LogP contribution in [0.25, 0.3) is 0 Å². The second kappa shape index (κ2) is 9.48. The van der Waals surface area contributed by atoms with E-state index >= 15 is 0 Å². The highest BCUT2D eigenvalue weighted by atomic mass is 79.9. The number of aryl methyl sites for hydroxylation is 2. The molecule has 28 heavy (non-hydrogen) atoms. The summed E-state index contributed by atoms with van der Waals surface area (Å²) >= 11 is 10.1. The molecule has 1 aliphatic heterocycles. The van der Waals surface area contributed by atoms with Crippen molar-refractivity contribution in [3.05, 3.63) is 38.6 Å². The topological polar surface area (TPSA) is 42.8 Å². The molecular formula is C20H28BrClN4O2. The highest BCUT2D eigenvalue weighted by Gasteiger charge is 2.20. The average Bonchev–Trinajstić information content (AvgIpc) is 2.83. The Morgan fingerprint density at radius 2 is 1.64 bits per heavy atom. The van der Waals surface area contributed by atoms with Crippen LogP contribution < -0.4 is 9.47 Å². The monoisotopic (exact) mass is 470 g/mol. The van der Waals surface area contributed by atoms with E-state index in [2.05, 4.69) is 36.9 Å². The molecule has 0 unspecified atom stereocenters. The van der Waals surface area contributed by atoms with Crippen LogP contribution in [0.1, 0.15) is 23.2 Å². The van der Waals surface area contributed by atoms with Gasteiger partial charge in [0.05, 0.1) is 19.9 Å². The minimum atomic E-state index is 0.740. The van der Waals surface area contributed by atoms with Crippen LogP contribution in [0, 0.1) is 6.92 Å². The Morgan fingerprint density at radius 3 is 2.21 bits per heavy atom. The molecule has 0 radical (unpaired) electrons. The molecule has 0 atom stereocenters. The Kier molecular flexibility index (Phi) is 7.25. The number of rotatable bonds is 6. The van der Waals surface area contributed by atoms with E-state index in [1.807, 2.05) is 20.0 Å². The van der Waals surface area contributed by atoms with Gasteiger partial charge in [-0.3, -0.25) is 14.5 Å². The summed E-state index contributed by atoms with van der Waals surface area (Å²) in [7, 11) is 5.22. The van der Waals surface area contributed by atoms with Gasteiger partial charge >= 0.3 is 0 Å². The SMILES string of the molecule is COc1cc(Br)c(CN2CCCN(Cc3c(C)nn(C)c3Cl)CC2)cc1OC. The van der Waals surface area contributed by atoms with Gasteiger partial charge in [0.25, 0.3) is 0 Å². The summed E-state index contributed by atoms with van der Waals surface area (Å²) in [6.07, 6.45) is 1.13. The number of nitrogens with zero attached hydrogens (tertiary/aromatic N) is 4. The summed E-state index contributed by atoms with van der Waals surface area (Å²) in [5, 5.41) is 5.17. The zero-order valence-corrected chi connectivity index (χ0v) is 19.3. The lowest BCUT2D eigenvalue weighted by atomic mass is 10.2. The molecule has 0 N–H and O–H groups in total. The Balaban J connectivity index is 1.64. The predicted octanol–water partition coefficient (Wildman–Crippen LogP) is 3.87. The van der Waals surface area contributed by atoms with Crippen LogP contribution in [-0.2, 0) is 20.1 Å². The van der Waals surface area contributed by atoms with E-state index in [0.717, 1.165) is 78.1 Å². The molecule has 0 spiro atoms. The molecule has 154 valence electrons. The maximum absolute atomic E-state index is 6.42. The van der Waals surface area contributed by atoms with Gasteiger partial charge in [-0.05, 0) is 44.1 Å². The Hall–Kier alpha value is -1.28.